The Morgan fingerprint density at radius 1 is 1.15 bits per heavy atom. The van der Waals surface area contributed by atoms with Crippen molar-refractivity contribution in [2.24, 2.45) is 0 Å². The van der Waals surface area contributed by atoms with Crippen molar-refractivity contribution in [1.29, 1.82) is 0 Å². The van der Waals surface area contributed by atoms with Gasteiger partial charge in [-0.1, -0.05) is 0 Å². The molecule has 0 fully saturated rings. The third kappa shape index (κ3) is 5.09. The normalized spacial score (nSPS) is 11.8. The molecule has 0 aliphatic heterocycles. The van der Waals surface area contributed by atoms with Crippen LogP contribution in [0.5, 0.6) is 0 Å². The van der Waals surface area contributed by atoms with Crippen LogP contribution in [0.3, 0.4) is 0 Å². The summed E-state index contributed by atoms with van der Waals surface area (Å²) in [6.45, 7) is 2.17. The Hall–Kier alpha value is -1.15. The maximum Gasteiger partial charge on any atom is 0.338 e. The van der Waals surface area contributed by atoms with Crippen LogP contribution in [-0.4, -0.2) is 38.9 Å². The molecule has 0 N–H and O–H groups in total. The van der Waals surface area contributed by atoms with Crippen molar-refractivity contribution in [2.75, 3.05) is 20.8 Å². The Labute approximate surface area is 131 Å². The van der Waals surface area contributed by atoms with Crippen molar-refractivity contribution in [3.05, 3.63) is 32.9 Å². The number of ether oxygens (including phenoxy) is 3. The minimum atomic E-state index is -0.481. The number of carbonyl (C=O) groups is 2. The molecule has 0 saturated heterocycles. The maximum absolute atomic E-state index is 11.9. The lowest BCUT2D eigenvalue weighted by atomic mass is 10.1. The minimum absolute atomic E-state index is 0.0318. The van der Waals surface area contributed by atoms with Crippen LogP contribution >= 0.6 is 22.6 Å². The summed E-state index contributed by atoms with van der Waals surface area (Å²) in [6.07, 6.45) is 0.653. The summed E-state index contributed by atoms with van der Waals surface area (Å²) >= 11 is 2.03. The van der Waals surface area contributed by atoms with Crippen LogP contribution in [0.4, 0.5) is 0 Å². The minimum Gasteiger partial charge on any atom is -0.465 e. The van der Waals surface area contributed by atoms with E-state index in [0.29, 0.717) is 17.5 Å². The average molecular weight is 392 g/mol. The fourth-order valence-electron chi connectivity index (χ4n) is 1.46. The van der Waals surface area contributed by atoms with Crippen LogP contribution in [0.25, 0.3) is 0 Å². The highest BCUT2D eigenvalue weighted by atomic mass is 127. The molecule has 0 aliphatic rings. The Bertz CT molecular complexity index is 486. The van der Waals surface area contributed by atoms with Gasteiger partial charge >= 0.3 is 11.9 Å². The Kier molecular flexibility index (Phi) is 6.94. The van der Waals surface area contributed by atoms with Gasteiger partial charge in [0, 0.05) is 17.1 Å². The SMILES string of the molecule is COC(=O)c1cc(I)cc(C(=O)OCC[C@@H](C)OC)c1. The monoisotopic (exact) mass is 392 g/mol. The van der Waals surface area contributed by atoms with E-state index in [-0.39, 0.29) is 12.7 Å². The van der Waals surface area contributed by atoms with E-state index in [4.69, 9.17) is 9.47 Å². The van der Waals surface area contributed by atoms with Crippen molar-refractivity contribution in [2.45, 2.75) is 19.4 Å². The standard InChI is InChI=1S/C14H17IO5/c1-9(18-2)4-5-20-14(17)11-6-10(13(16)19-3)7-12(15)8-11/h6-9H,4-5H2,1-3H3/t9-/m1/s1. The largest absolute Gasteiger partial charge is 0.465 e. The zero-order chi connectivity index (χ0) is 15.1. The van der Waals surface area contributed by atoms with E-state index in [2.05, 4.69) is 4.74 Å². The molecule has 1 rings (SSSR count). The Balaban J connectivity index is 2.73. The molecular weight excluding hydrogens is 375 g/mol. The number of benzene rings is 1. The molecule has 0 unspecified atom stereocenters. The molecule has 5 nitrogen and oxygen atoms in total. The van der Waals surface area contributed by atoms with Gasteiger partial charge in [-0.15, -0.1) is 0 Å². The summed E-state index contributed by atoms with van der Waals surface area (Å²) in [7, 11) is 2.90. The van der Waals surface area contributed by atoms with E-state index in [1.54, 1.807) is 19.2 Å². The quantitative estimate of drug-likeness (QED) is 0.550. The highest BCUT2D eigenvalue weighted by Crippen LogP contribution is 2.15. The molecule has 1 atom stereocenters. The molecule has 0 spiro atoms. The van der Waals surface area contributed by atoms with Crippen LogP contribution in [0.2, 0.25) is 0 Å². The van der Waals surface area contributed by atoms with Gasteiger partial charge in [-0.3, -0.25) is 0 Å². The highest BCUT2D eigenvalue weighted by Gasteiger charge is 2.14. The highest BCUT2D eigenvalue weighted by molar-refractivity contribution is 14.1. The van der Waals surface area contributed by atoms with Gasteiger partial charge in [0.1, 0.15) is 0 Å². The lowest BCUT2D eigenvalue weighted by Gasteiger charge is -2.10. The van der Waals surface area contributed by atoms with E-state index in [1.807, 2.05) is 29.5 Å². The topological polar surface area (TPSA) is 61.8 Å². The van der Waals surface area contributed by atoms with Crippen LogP contribution in [0.1, 0.15) is 34.1 Å². The van der Waals surface area contributed by atoms with E-state index >= 15 is 0 Å². The lowest BCUT2D eigenvalue weighted by Crippen LogP contribution is -2.13. The zero-order valence-corrected chi connectivity index (χ0v) is 13.8. The molecule has 0 aromatic heterocycles. The molecular formula is C14H17IO5. The number of hydrogen-bond donors (Lipinski definition) is 0. The van der Waals surface area contributed by atoms with Gasteiger partial charge in [-0.25, -0.2) is 9.59 Å². The molecule has 0 aliphatic carbocycles. The zero-order valence-electron chi connectivity index (χ0n) is 11.6. The second-order valence-corrected chi connectivity index (χ2v) is 5.44. The van der Waals surface area contributed by atoms with Gasteiger partial charge in [0.05, 0.1) is 30.9 Å². The number of rotatable bonds is 6. The first kappa shape index (κ1) is 16.9. The first-order chi connectivity index (χ1) is 9.47. The number of carbonyl (C=O) groups excluding carboxylic acids is 2. The number of halogens is 1. The van der Waals surface area contributed by atoms with Crippen LogP contribution in [-0.2, 0) is 14.2 Å². The van der Waals surface area contributed by atoms with Gasteiger partial charge in [-0.2, -0.15) is 0 Å². The van der Waals surface area contributed by atoms with Crippen LogP contribution < -0.4 is 0 Å². The Morgan fingerprint density at radius 3 is 2.30 bits per heavy atom. The number of hydrogen-bond acceptors (Lipinski definition) is 5. The maximum atomic E-state index is 11.9. The van der Waals surface area contributed by atoms with Crippen molar-refractivity contribution < 1.29 is 23.8 Å². The first-order valence-electron chi connectivity index (χ1n) is 6.06. The van der Waals surface area contributed by atoms with Crippen molar-refractivity contribution in [1.82, 2.24) is 0 Å². The third-order valence-corrected chi connectivity index (χ3v) is 3.34. The molecule has 110 valence electrons. The summed E-state index contributed by atoms with van der Waals surface area (Å²) in [5, 5.41) is 0. The summed E-state index contributed by atoms with van der Waals surface area (Å²) < 4.78 is 15.6. The molecule has 0 heterocycles. The lowest BCUT2D eigenvalue weighted by molar-refractivity contribution is 0.0391. The number of methoxy groups -OCH3 is 2. The van der Waals surface area contributed by atoms with Crippen molar-refractivity contribution in [3.63, 3.8) is 0 Å². The van der Waals surface area contributed by atoms with Gasteiger partial charge in [0.15, 0.2) is 0 Å². The van der Waals surface area contributed by atoms with E-state index in [9.17, 15) is 9.59 Å². The van der Waals surface area contributed by atoms with Crippen molar-refractivity contribution >= 4 is 34.5 Å². The fraction of sp³-hybridized carbons (Fsp3) is 0.429. The van der Waals surface area contributed by atoms with E-state index < -0.39 is 11.9 Å². The molecule has 1 aromatic carbocycles. The second kappa shape index (κ2) is 8.21. The molecule has 0 saturated carbocycles. The molecule has 0 radical (unpaired) electrons. The summed E-state index contributed by atoms with van der Waals surface area (Å²) in [6, 6.07) is 4.78. The fourth-order valence-corrected chi connectivity index (χ4v) is 2.13. The smallest absolute Gasteiger partial charge is 0.338 e. The Morgan fingerprint density at radius 2 is 1.75 bits per heavy atom. The van der Waals surface area contributed by atoms with Gasteiger partial charge in [-0.05, 0) is 47.7 Å². The third-order valence-electron chi connectivity index (χ3n) is 2.71. The van der Waals surface area contributed by atoms with Crippen LogP contribution in [0.15, 0.2) is 18.2 Å². The molecule has 0 amide bonds. The number of esters is 2. The molecule has 6 heteroatoms. The van der Waals surface area contributed by atoms with Gasteiger partial charge in [0.25, 0.3) is 0 Å². The molecule has 20 heavy (non-hydrogen) atoms. The summed E-state index contributed by atoms with van der Waals surface area (Å²) in [5.41, 5.74) is 0.666. The van der Waals surface area contributed by atoms with Gasteiger partial charge < -0.3 is 14.2 Å². The van der Waals surface area contributed by atoms with Gasteiger partial charge in [0.2, 0.25) is 0 Å². The first-order valence-corrected chi connectivity index (χ1v) is 7.14. The van der Waals surface area contributed by atoms with E-state index in [1.165, 1.54) is 13.2 Å². The second-order valence-electron chi connectivity index (χ2n) is 4.19. The summed E-state index contributed by atoms with van der Waals surface area (Å²) in [5.74, 6) is -0.942. The predicted octanol–water partition coefficient (Wildman–Crippen LogP) is 2.66. The molecule has 0 bridgehead atoms. The summed E-state index contributed by atoms with van der Waals surface area (Å²) in [4.78, 5) is 23.4. The van der Waals surface area contributed by atoms with Crippen molar-refractivity contribution in [3.8, 4) is 0 Å². The van der Waals surface area contributed by atoms with E-state index in [0.717, 1.165) is 3.57 Å². The average Bonchev–Trinajstić information content (AvgIpc) is 2.45. The predicted molar refractivity (Wildman–Crippen MR) is 81.9 cm³/mol. The van der Waals surface area contributed by atoms with Crippen LogP contribution in [0, 0.1) is 3.57 Å². The molecule has 1 aromatic rings.